The molecule has 1 heterocycles. The second kappa shape index (κ2) is 6.24. The fourth-order valence-electron chi connectivity index (χ4n) is 3.21. The molecular formula is C16H23N5. The zero-order valence-corrected chi connectivity index (χ0v) is 12.8. The van der Waals surface area contributed by atoms with E-state index in [0.29, 0.717) is 6.04 Å². The maximum absolute atomic E-state index is 4.02. The molecule has 2 aromatic rings. The molecule has 1 atom stereocenters. The van der Waals surface area contributed by atoms with Gasteiger partial charge in [0.2, 0.25) is 0 Å². The Balaban J connectivity index is 1.72. The minimum absolute atomic E-state index is 0.510. The first-order chi connectivity index (χ1) is 10.2. The number of aryl methyl sites for hydroxylation is 1. The van der Waals surface area contributed by atoms with E-state index in [-0.39, 0.29) is 0 Å². The van der Waals surface area contributed by atoms with Gasteiger partial charge in [-0.05, 0) is 61.2 Å². The molecule has 1 aromatic carbocycles. The molecule has 112 valence electrons. The molecule has 0 saturated heterocycles. The summed E-state index contributed by atoms with van der Waals surface area (Å²) in [6.07, 6.45) is 6.85. The lowest BCUT2D eigenvalue weighted by atomic mass is 9.84. The minimum Gasteiger partial charge on any atom is -0.382 e. The number of tetrazole rings is 1. The van der Waals surface area contributed by atoms with Gasteiger partial charge in [0.05, 0.1) is 5.69 Å². The van der Waals surface area contributed by atoms with E-state index in [4.69, 9.17) is 0 Å². The van der Waals surface area contributed by atoms with Crippen LogP contribution < -0.4 is 5.32 Å². The molecule has 1 N–H and O–H groups in total. The molecular weight excluding hydrogens is 262 g/mol. The minimum atomic E-state index is 0.510. The van der Waals surface area contributed by atoms with Crippen molar-refractivity contribution < 1.29 is 0 Å². The Kier molecular flexibility index (Phi) is 4.18. The number of hydrogen-bond donors (Lipinski definition) is 1. The van der Waals surface area contributed by atoms with E-state index in [9.17, 15) is 0 Å². The predicted octanol–water partition coefficient (Wildman–Crippen LogP) is 3.35. The predicted molar refractivity (Wildman–Crippen MR) is 83.6 cm³/mol. The highest BCUT2D eigenvalue weighted by atomic mass is 15.5. The van der Waals surface area contributed by atoms with Crippen molar-refractivity contribution in [1.29, 1.82) is 0 Å². The van der Waals surface area contributed by atoms with Crippen molar-refractivity contribution in [1.82, 2.24) is 20.2 Å². The average molecular weight is 285 g/mol. The maximum atomic E-state index is 4.02. The molecule has 1 unspecified atom stereocenters. The van der Waals surface area contributed by atoms with Crippen LogP contribution in [0.5, 0.6) is 0 Å². The Labute approximate surface area is 125 Å². The third-order valence-electron chi connectivity index (χ3n) is 4.47. The third-order valence-corrected chi connectivity index (χ3v) is 4.47. The average Bonchev–Trinajstić information content (AvgIpc) is 2.94. The molecule has 1 aromatic heterocycles. The fourth-order valence-corrected chi connectivity index (χ4v) is 3.21. The summed E-state index contributed by atoms with van der Waals surface area (Å²) in [7, 11) is 0. The van der Waals surface area contributed by atoms with Gasteiger partial charge in [0.1, 0.15) is 0 Å². The number of nitrogens with zero attached hydrogens (tertiary/aromatic N) is 4. The fraction of sp³-hybridized carbons (Fsp3) is 0.562. The summed E-state index contributed by atoms with van der Waals surface area (Å²) in [5, 5.41) is 15.3. The van der Waals surface area contributed by atoms with Crippen LogP contribution in [0.3, 0.4) is 0 Å². The Morgan fingerprint density at radius 1 is 1.24 bits per heavy atom. The van der Waals surface area contributed by atoms with Crippen LogP contribution in [0, 0.1) is 12.8 Å². The van der Waals surface area contributed by atoms with E-state index in [2.05, 4.69) is 39.9 Å². The van der Waals surface area contributed by atoms with Crippen LogP contribution in [0.25, 0.3) is 5.69 Å². The molecule has 0 amide bonds. The lowest BCUT2D eigenvalue weighted by Gasteiger charge is -2.29. The second-order valence-corrected chi connectivity index (χ2v) is 6.02. The first-order valence-electron chi connectivity index (χ1n) is 7.86. The highest BCUT2D eigenvalue weighted by Crippen LogP contribution is 2.28. The summed E-state index contributed by atoms with van der Waals surface area (Å²) in [5.41, 5.74) is 2.14. The van der Waals surface area contributed by atoms with Gasteiger partial charge in [-0.1, -0.05) is 25.3 Å². The summed E-state index contributed by atoms with van der Waals surface area (Å²) < 4.78 is 1.76. The number of rotatable bonds is 4. The molecule has 0 spiro atoms. The van der Waals surface area contributed by atoms with Gasteiger partial charge < -0.3 is 5.32 Å². The third kappa shape index (κ3) is 3.23. The van der Waals surface area contributed by atoms with Crippen LogP contribution in [0.2, 0.25) is 0 Å². The summed E-state index contributed by atoms with van der Waals surface area (Å²) >= 11 is 0. The molecule has 21 heavy (non-hydrogen) atoms. The SMILES string of the molecule is Cc1nnnn1-c1cccc(NC(C)C2CCCCC2)c1. The van der Waals surface area contributed by atoms with Crippen molar-refractivity contribution in [3.63, 3.8) is 0 Å². The number of anilines is 1. The first-order valence-corrected chi connectivity index (χ1v) is 7.86. The Hall–Kier alpha value is -1.91. The normalized spacial score (nSPS) is 17.6. The zero-order chi connectivity index (χ0) is 14.7. The zero-order valence-electron chi connectivity index (χ0n) is 12.8. The summed E-state index contributed by atoms with van der Waals surface area (Å²) in [4.78, 5) is 0. The Bertz CT molecular complexity index is 586. The molecule has 5 nitrogen and oxygen atoms in total. The first kappa shape index (κ1) is 14.0. The molecule has 0 bridgehead atoms. The van der Waals surface area contributed by atoms with E-state index in [1.54, 1.807) is 4.68 Å². The van der Waals surface area contributed by atoms with Crippen molar-refractivity contribution in [3.8, 4) is 5.69 Å². The van der Waals surface area contributed by atoms with E-state index >= 15 is 0 Å². The van der Waals surface area contributed by atoms with Crippen molar-refractivity contribution >= 4 is 5.69 Å². The summed E-state index contributed by atoms with van der Waals surface area (Å²) in [6, 6.07) is 8.81. The molecule has 1 fully saturated rings. The maximum Gasteiger partial charge on any atom is 0.153 e. The Morgan fingerprint density at radius 2 is 2.05 bits per heavy atom. The quantitative estimate of drug-likeness (QED) is 0.936. The van der Waals surface area contributed by atoms with E-state index in [0.717, 1.165) is 23.1 Å². The molecule has 5 heteroatoms. The second-order valence-electron chi connectivity index (χ2n) is 6.02. The van der Waals surface area contributed by atoms with Crippen LogP contribution >= 0.6 is 0 Å². The molecule has 1 aliphatic carbocycles. The number of hydrogen-bond acceptors (Lipinski definition) is 4. The molecule has 0 radical (unpaired) electrons. The van der Waals surface area contributed by atoms with Crippen LogP contribution in [-0.4, -0.2) is 26.2 Å². The Morgan fingerprint density at radius 3 is 2.76 bits per heavy atom. The number of nitrogens with one attached hydrogen (secondary N) is 1. The van der Waals surface area contributed by atoms with Gasteiger partial charge in [0.15, 0.2) is 5.82 Å². The molecule has 3 rings (SSSR count). The monoisotopic (exact) mass is 285 g/mol. The molecule has 0 aliphatic heterocycles. The highest BCUT2D eigenvalue weighted by molar-refractivity contribution is 5.51. The van der Waals surface area contributed by atoms with Gasteiger partial charge in [-0.2, -0.15) is 4.68 Å². The van der Waals surface area contributed by atoms with Gasteiger partial charge >= 0.3 is 0 Å². The van der Waals surface area contributed by atoms with Crippen LogP contribution in [0.4, 0.5) is 5.69 Å². The van der Waals surface area contributed by atoms with Gasteiger partial charge in [-0.25, -0.2) is 0 Å². The summed E-state index contributed by atoms with van der Waals surface area (Å²) in [6.45, 7) is 4.20. The van der Waals surface area contributed by atoms with Crippen LogP contribution in [0.15, 0.2) is 24.3 Å². The lowest BCUT2D eigenvalue weighted by Crippen LogP contribution is -2.27. The molecule has 1 aliphatic rings. The van der Waals surface area contributed by atoms with E-state index < -0.39 is 0 Å². The van der Waals surface area contributed by atoms with Gasteiger partial charge in [-0.15, -0.1) is 5.10 Å². The van der Waals surface area contributed by atoms with E-state index in [1.165, 1.54) is 32.1 Å². The highest BCUT2D eigenvalue weighted by Gasteiger charge is 2.19. The van der Waals surface area contributed by atoms with Crippen molar-refractivity contribution in [2.75, 3.05) is 5.32 Å². The topological polar surface area (TPSA) is 55.6 Å². The number of benzene rings is 1. The molecule has 1 saturated carbocycles. The van der Waals surface area contributed by atoms with Gasteiger partial charge in [0, 0.05) is 11.7 Å². The van der Waals surface area contributed by atoms with Crippen molar-refractivity contribution in [3.05, 3.63) is 30.1 Å². The summed E-state index contributed by atoms with van der Waals surface area (Å²) in [5.74, 6) is 1.59. The lowest BCUT2D eigenvalue weighted by molar-refractivity contribution is 0.328. The van der Waals surface area contributed by atoms with Crippen LogP contribution in [-0.2, 0) is 0 Å². The van der Waals surface area contributed by atoms with Crippen molar-refractivity contribution in [2.24, 2.45) is 5.92 Å². The number of aromatic nitrogens is 4. The standard InChI is InChI=1S/C16H23N5/c1-12(14-7-4-3-5-8-14)17-15-9-6-10-16(11-15)21-13(2)18-19-20-21/h6,9-12,14,17H,3-5,7-8H2,1-2H3. The largest absolute Gasteiger partial charge is 0.382 e. The van der Waals surface area contributed by atoms with Gasteiger partial charge in [-0.3, -0.25) is 0 Å². The smallest absolute Gasteiger partial charge is 0.153 e. The van der Waals surface area contributed by atoms with Crippen molar-refractivity contribution in [2.45, 2.75) is 52.0 Å². The van der Waals surface area contributed by atoms with Gasteiger partial charge in [0.25, 0.3) is 0 Å². The van der Waals surface area contributed by atoms with E-state index in [1.807, 2.05) is 19.1 Å². The van der Waals surface area contributed by atoms with Crippen LogP contribution in [0.1, 0.15) is 44.9 Å².